The molecule has 80 valence electrons. The van der Waals surface area contributed by atoms with Crippen molar-refractivity contribution < 1.29 is 0 Å². The quantitative estimate of drug-likeness (QED) is 0.686. The molecule has 0 spiro atoms. The molecule has 2 rings (SSSR count). The van der Waals surface area contributed by atoms with Crippen molar-refractivity contribution in [2.24, 2.45) is 4.99 Å². The highest BCUT2D eigenvalue weighted by atomic mass is 14.6. The van der Waals surface area contributed by atoms with Gasteiger partial charge in [0, 0.05) is 19.2 Å². The van der Waals surface area contributed by atoms with Gasteiger partial charge in [0.15, 0.2) is 0 Å². The van der Waals surface area contributed by atoms with Gasteiger partial charge in [0.2, 0.25) is 0 Å². The molecule has 0 N–H and O–H groups in total. The lowest BCUT2D eigenvalue weighted by Crippen LogP contribution is -2.02. The fourth-order valence-electron chi connectivity index (χ4n) is 1.83. The summed E-state index contributed by atoms with van der Waals surface area (Å²) >= 11 is 0. The first kappa shape index (κ1) is 10.6. The van der Waals surface area contributed by atoms with Crippen molar-refractivity contribution in [2.75, 3.05) is 7.05 Å². The predicted octanol–water partition coefficient (Wildman–Crippen LogP) is 3.52. The lowest BCUT2D eigenvalue weighted by Gasteiger charge is -2.12. The topological polar surface area (TPSA) is 12.4 Å². The van der Waals surface area contributed by atoms with Gasteiger partial charge in [0.1, 0.15) is 0 Å². The van der Waals surface area contributed by atoms with Crippen LogP contribution in [0.15, 0.2) is 65.7 Å². The lowest BCUT2D eigenvalue weighted by molar-refractivity contribution is 1.09. The summed E-state index contributed by atoms with van der Waals surface area (Å²) in [6, 6.07) is 20.9. The van der Waals surface area contributed by atoms with Crippen molar-refractivity contribution in [1.29, 1.82) is 0 Å². The largest absolute Gasteiger partial charge is 0.300 e. The second kappa shape index (κ2) is 5.26. The Labute approximate surface area is 96.5 Å². The van der Waals surface area contributed by atoms with E-state index in [1.165, 1.54) is 11.1 Å². The molecule has 0 atom stereocenters. The van der Waals surface area contributed by atoms with Gasteiger partial charge in [-0.15, -0.1) is 0 Å². The Balaban J connectivity index is 2.39. The predicted molar refractivity (Wildman–Crippen MR) is 69.1 cm³/mol. The van der Waals surface area contributed by atoms with Crippen molar-refractivity contribution in [3.63, 3.8) is 0 Å². The Morgan fingerprint density at radius 1 is 0.812 bits per heavy atom. The molecular weight excluding hydrogens is 194 g/mol. The minimum Gasteiger partial charge on any atom is -0.300 e. The lowest BCUT2D eigenvalue weighted by atomic mass is 9.92. The third-order valence-corrected chi connectivity index (χ3v) is 2.62. The third kappa shape index (κ3) is 2.37. The molecule has 0 unspecified atom stereocenters. The van der Waals surface area contributed by atoms with E-state index in [0.717, 1.165) is 0 Å². The van der Waals surface area contributed by atoms with E-state index in [-0.39, 0.29) is 5.92 Å². The fourth-order valence-corrected chi connectivity index (χ4v) is 1.83. The van der Waals surface area contributed by atoms with Gasteiger partial charge in [-0.25, -0.2) is 0 Å². The van der Waals surface area contributed by atoms with Crippen molar-refractivity contribution >= 4 is 6.21 Å². The second-order valence-electron chi connectivity index (χ2n) is 3.71. The molecule has 16 heavy (non-hydrogen) atoms. The van der Waals surface area contributed by atoms with E-state index in [9.17, 15) is 0 Å². The van der Waals surface area contributed by atoms with Crippen LogP contribution in [-0.4, -0.2) is 13.3 Å². The van der Waals surface area contributed by atoms with Crippen molar-refractivity contribution in [1.82, 2.24) is 0 Å². The van der Waals surface area contributed by atoms with Crippen LogP contribution in [0.1, 0.15) is 17.0 Å². The van der Waals surface area contributed by atoms with Crippen LogP contribution in [0.5, 0.6) is 0 Å². The number of aliphatic imine (C=N–C) groups is 1. The highest BCUT2D eigenvalue weighted by Gasteiger charge is 2.09. The molecule has 0 radical (unpaired) electrons. The average molecular weight is 209 g/mol. The summed E-state index contributed by atoms with van der Waals surface area (Å²) in [5, 5.41) is 0. The number of hydrogen-bond donors (Lipinski definition) is 0. The van der Waals surface area contributed by atoms with Crippen molar-refractivity contribution in [2.45, 2.75) is 5.92 Å². The molecule has 2 aromatic rings. The number of rotatable bonds is 3. The first-order chi connectivity index (χ1) is 7.92. The first-order valence-electron chi connectivity index (χ1n) is 5.44. The standard InChI is InChI=1S/C15H15N/c1-16-12-15(13-8-4-2-5-9-13)14-10-6-3-7-11-14/h2-12,15H,1H3. The van der Waals surface area contributed by atoms with Crippen molar-refractivity contribution in [3.8, 4) is 0 Å². The van der Waals surface area contributed by atoms with E-state index in [4.69, 9.17) is 0 Å². The Bertz CT molecular complexity index is 406. The maximum atomic E-state index is 4.16. The summed E-state index contributed by atoms with van der Waals surface area (Å²) in [5.41, 5.74) is 2.55. The minimum atomic E-state index is 0.257. The minimum absolute atomic E-state index is 0.257. The van der Waals surface area contributed by atoms with E-state index in [2.05, 4.69) is 53.5 Å². The van der Waals surface area contributed by atoms with Gasteiger partial charge in [-0.2, -0.15) is 0 Å². The molecule has 1 nitrogen and oxygen atoms in total. The smallest absolute Gasteiger partial charge is 0.0438 e. The molecule has 0 saturated carbocycles. The average Bonchev–Trinajstić information content (AvgIpc) is 2.38. The van der Waals surface area contributed by atoms with Gasteiger partial charge in [-0.05, 0) is 11.1 Å². The maximum Gasteiger partial charge on any atom is 0.0438 e. The summed E-state index contributed by atoms with van der Waals surface area (Å²) in [6.07, 6.45) is 1.99. The summed E-state index contributed by atoms with van der Waals surface area (Å²) in [6.45, 7) is 0. The molecule has 2 aromatic carbocycles. The van der Waals surface area contributed by atoms with Gasteiger partial charge in [-0.3, -0.25) is 4.99 Å². The Hall–Kier alpha value is -1.89. The zero-order valence-corrected chi connectivity index (χ0v) is 9.38. The molecule has 0 aliphatic heterocycles. The number of benzene rings is 2. The Kier molecular flexibility index (Phi) is 3.50. The van der Waals surface area contributed by atoms with Gasteiger partial charge in [0.05, 0.1) is 0 Å². The van der Waals surface area contributed by atoms with E-state index < -0.39 is 0 Å². The molecule has 0 aliphatic rings. The van der Waals surface area contributed by atoms with Crippen LogP contribution in [0, 0.1) is 0 Å². The van der Waals surface area contributed by atoms with Gasteiger partial charge in [-0.1, -0.05) is 60.7 Å². The molecule has 0 aliphatic carbocycles. The number of nitrogens with zero attached hydrogens (tertiary/aromatic N) is 1. The SMILES string of the molecule is CN=CC(c1ccccc1)c1ccccc1. The highest BCUT2D eigenvalue weighted by Crippen LogP contribution is 2.22. The fraction of sp³-hybridized carbons (Fsp3) is 0.133. The zero-order chi connectivity index (χ0) is 11.2. The van der Waals surface area contributed by atoms with Crippen molar-refractivity contribution in [3.05, 3.63) is 71.8 Å². The molecule has 0 amide bonds. The Morgan fingerprint density at radius 3 is 1.62 bits per heavy atom. The maximum absolute atomic E-state index is 4.16. The van der Waals surface area contributed by atoms with Crippen LogP contribution in [0.2, 0.25) is 0 Å². The first-order valence-corrected chi connectivity index (χ1v) is 5.44. The molecular formula is C15H15N. The van der Waals surface area contributed by atoms with Gasteiger partial charge in [0.25, 0.3) is 0 Å². The van der Waals surface area contributed by atoms with Gasteiger partial charge >= 0.3 is 0 Å². The van der Waals surface area contributed by atoms with Crippen LogP contribution in [0.4, 0.5) is 0 Å². The van der Waals surface area contributed by atoms with E-state index in [1.807, 2.05) is 25.4 Å². The van der Waals surface area contributed by atoms with Gasteiger partial charge < -0.3 is 0 Å². The molecule has 0 bridgehead atoms. The normalized spacial score (nSPS) is 11.1. The molecule has 1 heteroatoms. The summed E-state index contributed by atoms with van der Waals surface area (Å²) in [4.78, 5) is 4.16. The Morgan fingerprint density at radius 2 is 1.25 bits per heavy atom. The second-order valence-corrected chi connectivity index (χ2v) is 3.71. The summed E-state index contributed by atoms with van der Waals surface area (Å²) in [5.74, 6) is 0.257. The van der Waals surface area contributed by atoms with Crippen LogP contribution in [0.3, 0.4) is 0 Å². The van der Waals surface area contributed by atoms with E-state index >= 15 is 0 Å². The third-order valence-electron chi connectivity index (χ3n) is 2.62. The van der Waals surface area contributed by atoms with E-state index in [1.54, 1.807) is 0 Å². The summed E-state index contributed by atoms with van der Waals surface area (Å²) in [7, 11) is 1.82. The summed E-state index contributed by atoms with van der Waals surface area (Å²) < 4.78 is 0. The molecule has 0 saturated heterocycles. The van der Waals surface area contributed by atoms with Crippen LogP contribution in [-0.2, 0) is 0 Å². The van der Waals surface area contributed by atoms with Crippen LogP contribution < -0.4 is 0 Å². The zero-order valence-electron chi connectivity index (χ0n) is 9.38. The number of hydrogen-bond acceptors (Lipinski definition) is 1. The van der Waals surface area contributed by atoms with Crippen LogP contribution >= 0.6 is 0 Å². The molecule has 0 heterocycles. The monoisotopic (exact) mass is 209 g/mol. The molecule has 0 fully saturated rings. The molecule has 0 aromatic heterocycles. The van der Waals surface area contributed by atoms with E-state index in [0.29, 0.717) is 0 Å². The highest BCUT2D eigenvalue weighted by molar-refractivity contribution is 5.72. The van der Waals surface area contributed by atoms with Crippen LogP contribution in [0.25, 0.3) is 0 Å².